The van der Waals surface area contributed by atoms with Crippen LogP contribution in [0, 0.1) is 0 Å². The third kappa shape index (κ3) is 5.89. The highest BCUT2D eigenvalue weighted by Gasteiger charge is 2.29. The fraction of sp³-hybridized carbons (Fsp3) is 0.419. The second-order valence-corrected chi connectivity index (χ2v) is 9.88. The predicted molar refractivity (Wildman–Crippen MR) is 140 cm³/mol. The van der Waals surface area contributed by atoms with Crippen LogP contribution in [-0.2, 0) is 13.0 Å². The van der Waals surface area contributed by atoms with E-state index >= 15 is 0 Å². The van der Waals surface area contributed by atoms with E-state index in [1.54, 1.807) is 0 Å². The Bertz CT molecular complexity index is 992. The maximum Gasteiger partial charge on any atom is 0.123 e. The summed E-state index contributed by atoms with van der Waals surface area (Å²) in [5.74, 6) is 1.01. The third-order valence-corrected chi connectivity index (χ3v) is 7.69. The molecule has 2 fully saturated rings. The Morgan fingerprint density at radius 2 is 1.35 bits per heavy atom. The summed E-state index contributed by atoms with van der Waals surface area (Å²) in [5, 5.41) is 0. The minimum absolute atomic E-state index is 0.371. The molecule has 5 rings (SSSR count). The average Bonchev–Trinajstić information content (AvgIpc) is 2.93. The summed E-state index contributed by atoms with van der Waals surface area (Å²) in [6, 6.07) is 31.3. The summed E-state index contributed by atoms with van der Waals surface area (Å²) in [5.41, 5.74) is 3.91. The molecule has 1 atom stereocenters. The molecule has 178 valence electrons. The molecular weight excluding hydrogens is 416 g/mol. The highest BCUT2D eigenvalue weighted by atomic mass is 16.5. The normalized spacial score (nSPS) is 19.1. The number of hydrogen-bond donors (Lipinski definition) is 0. The van der Waals surface area contributed by atoms with Crippen molar-refractivity contribution in [2.45, 2.75) is 57.2 Å². The highest BCUT2D eigenvalue weighted by Crippen LogP contribution is 2.32. The first kappa shape index (κ1) is 23.1. The van der Waals surface area contributed by atoms with Crippen LogP contribution in [0.3, 0.4) is 0 Å². The Labute approximate surface area is 205 Å². The lowest BCUT2D eigenvalue weighted by Gasteiger charge is -2.43. The Morgan fingerprint density at radius 1 is 0.706 bits per heavy atom. The van der Waals surface area contributed by atoms with Gasteiger partial charge in [-0.2, -0.15) is 0 Å². The first-order valence-electron chi connectivity index (χ1n) is 13.1. The molecule has 3 heteroatoms. The van der Waals surface area contributed by atoms with Crippen molar-refractivity contribution in [3.63, 3.8) is 0 Å². The molecule has 0 amide bonds. The third-order valence-electron chi connectivity index (χ3n) is 7.69. The molecule has 0 aromatic heterocycles. The number of hydrogen-bond acceptors (Lipinski definition) is 3. The van der Waals surface area contributed by atoms with E-state index in [2.05, 4.69) is 94.7 Å². The fourth-order valence-electron chi connectivity index (χ4n) is 5.75. The van der Waals surface area contributed by atoms with Crippen molar-refractivity contribution in [1.82, 2.24) is 9.80 Å². The van der Waals surface area contributed by atoms with E-state index in [1.165, 1.54) is 61.9 Å². The van der Waals surface area contributed by atoms with Crippen molar-refractivity contribution in [2.75, 3.05) is 26.2 Å². The minimum Gasteiger partial charge on any atom is -0.489 e. The summed E-state index contributed by atoms with van der Waals surface area (Å²) in [4.78, 5) is 5.48. The second kappa shape index (κ2) is 11.7. The molecule has 0 spiro atoms. The van der Waals surface area contributed by atoms with Crippen LogP contribution in [0.4, 0.5) is 0 Å². The van der Waals surface area contributed by atoms with Crippen LogP contribution in [0.5, 0.6) is 5.75 Å². The highest BCUT2D eigenvalue weighted by molar-refractivity contribution is 5.36. The lowest BCUT2D eigenvalue weighted by Crippen LogP contribution is -2.51. The first-order chi connectivity index (χ1) is 16.9. The first-order valence-corrected chi connectivity index (χ1v) is 13.1. The summed E-state index contributed by atoms with van der Waals surface area (Å²) in [6.45, 7) is 5.28. The van der Waals surface area contributed by atoms with Gasteiger partial charge in [0.25, 0.3) is 0 Å². The van der Waals surface area contributed by atoms with Gasteiger partial charge < -0.3 is 4.74 Å². The van der Waals surface area contributed by atoms with Gasteiger partial charge >= 0.3 is 0 Å². The van der Waals surface area contributed by atoms with Gasteiger partial charge in [0.1, 0.15) is 12.4 Å². The molecule has 1 aliphatic heterocycles. The van der Waals surface area contributed by atoms with E-state index in [1.807, 2.05) is 0 Å². The maximum atomic E-state index is 6.32. The molecule has 3 aromatic rings. The van der Waals surface area contributed by atoms with E-state index in [9.17, 15) is 0 Å². The standard InChI is InChI=1S/C31H38N2O/c1-4-12-26(13-5-1)25-34-31-19-11-10-16-28(31)24-30(27-14-6-2-7-15-27)33-22-20-32(21-23-33)29-17-8-3-9-18-29/h1-2,4-7,10-16,19,29-30H,3,8-9,17-18,20-25H2. The number of rotatable bonds is 8. The monoisotopic (exact) mass is 454 g/mol. The van der Waals surface area contributed by atoms with E-state index in [-0.39, 0.29) is 0 Å². The zero-order chi connectivity index (χ0) is 23.0. The number of nitrogens with zero attached hydrogens (tertiary/aromatic N) is 2. The zero-order valence-electron chi connectivity index (χ0n) is 20.3. The molecule has 0 bridgehead atoms. The molecule has 34 heavy (non-hydrogen) atoms. The second-order valence-electron chi connectivity index (χ2n) is 9.88. The van der Waals surface area contributed by atoms with Gasteiger partial charge in [-0.25, -0.2) is 0 Å². The summed E-state index contributed by atoms with van der Waals surface area (Å²) >= 11 is 0. The Hall–Kier alpha value is -2.62. The van der Waals surface area contributed by atoms with E-state index < -0.39 is 0 Å². The summed E-state index contributed by atoms with van der Waals surface area (Å²) in [6.07, 6.45) is 8.02. The molecule has 1 aliphatic carbocycles. The minimum atomic E-state index is 0.371. The van der Waals surface area contributed by atoms with Gasteiger partial charge in [-0.1, -0.05) is 98.1 Å². The molecule has 1 heterocycles. The van der Waals surface area contributed by atoms with Crippen molar-refractivity contribution in [3.8, 4) is 5.75 Å². The fourth-order valence-corrected chi connectivity index (χ4v) is 5.75. The van der Waals surface area contributed by atoms with Gasteiger partial charge in [0.2, 0.25) is 0 Å². The smallest absolute Gasteiger partial charge is 0.123 e. The number of para-hydroxylation sites is 1. The van der Waals surface area contributed by atoms with Gasteiger partial charge in [-0.15, -0.1) is 0 Å². The molecule has 3 aromatic carbocycles. The van der Waals surface area contributed by atoms with Crippen LogP contribution < -0.4 is 4.74 Å². The number of piperazine rings is 1. The van der Waals surface area contributed by atoms with E-state index in [0.29, 0.717) is 12.6 Å². The maximum absolute atomic E-state index is 6.32. The predicted octanol–water partition coefficient (Wildman–Crippen LogP) is 6.50. The average molecular weight is 455 g/mol. The van der Waals surface area contributed by atoms with Gasteiger partial charge in [0.05, 0.1) is 0 Å². The molecule has 1 saturated carbocycles. The Kier molecular flexibility index (Phi) is 7.95. The molecule has 0 N–H and O–H groups in total. The van der Waals surface area contributed by atoms with E-state index in [4.69, 9.17) is 4.74 Å². The largest absolute Gasteiger partial charge is 0.489 e. The van der Waals surface area contributed by atoms with Crippen LogP contribution in [0.1, 0.15) is 54.8 Å². The van der Waals surface area contributed by atoms with Gasteiger partial charge in [0, 0.05) is 38.3 Å². The molecule has 1 saturated heterocycles. The molecular formula is C31H38N2O. The van der Waals surface area contributed by atoms with Crippen molar-refractivity contribution in [3.05, 3.63) is 102 Å². The van der Waals surface area contributed by atoms with Crippen LogP contribution in [0.25, 0.3) is 0 Å². The zero-order valence-corrected chi connectivity index (χ0v) is 20.3. The van der Waals surface area contributed by atoms with E-state index in [0.717, 1.165) is 31.3 Å². The summed E-state index contributed by atoms with van der Waals surface area (Å²) in [7, 11) is 0. The van der Waals surface area contributed by atoms with Crippen LogP contribution in [-0.4, -0.2) is 42.0 Å². The SMILES string of the molecule is c1ccc(COc2ccccc2CC(c2ccccc2)N2CCN(C3CCCCC3)CC2)cc1. The molecule has 1 unspecified atom stereocenters. The van der Waals surface area contributed by atoms with Gasteiger partial charge in [-0.3, -0.25) is 9.80 Å². The Morgan fingerprint density at radius 3 is 2.09 bits per heavy atom. The lowest BCUT2D eigenvalue weighted by molar-refractivity contribution is 0.0558. The van der Waals surface area contributed by atoms with Crippen molar-refractivity contribution >= 4 is 0 Å². The van der Waals surface area contributed by atoms with Crippen molar-refractivity contribution < 1.29 is 4.74 Å². The van der Waals surface area contributed by atoms with Crippen LogP contribution in [0.2, 0.25) is 0 Å². The van der Waals surface area contributed by atoms with Crippen molar-refractivity contribution in [1.29, 1.82) is 0 Å². The topological polar surface area (TPSA) is 15.7 Å². The molecule has 3 nitrogen and oxygen atoms in total. The quantitative estimate of drug-likeness (QED) is 0.386. The van der Waals surface area contributed by atoms with Gasteiger partial charge in [0.15, 0.2) is 0 Å². The van der Waals surface area contributed by atoms with Crippen LogP contribution in [0.15, 0.2) is 84.9 Å². The van der Waals surface area contributed by atoms with Crippen molar-refractivity contribution in [2.24, 2.45) is 0 Å². The molecule has 0 radical (unpaired) electrons. The summed E-state index contributed by atoms with van der Waals surface area (Å²) < 4.78 is 6.32. The number of ether oxygens (including phenoxy) is 1. The lowest BCUT2D eigenvalue weighted by atomic mass is 9.93. The van der Waals surface area contributed by atoms with Gasteiger partial charge in [-0.05, 0) is 42.0 Å². The number of benzene rings is 3. The van der Waals surface area contributed by atoms with Crippen LogP contribution >= 0.6 is 0 Å². The Balaban J connectivity index is 1.30. The molecule has 2 aliphatic rings.